The Balaban J connectivity index is 1.52. The van der Waals surface area contributed by atoms with Crippen molar-refractivity contribution >= 4 is 41.2 Å². The molecule has 0 atom stereocenters. The smallest absolute Gasteiger partial charge is 0.329 e. The van der Waals surface area contributed by atoms with E-state index in [0.29, 0.717) is 22.0 Å². The van der Waals surface area contributed by atoms with Gasteiger partial charge in [0.2, 0.25) is 0 Å². The highest BCUT2D eigenvalue weighted by Gasteiger charge is 2.26. The number of hydrazone groups is 1. The topological polar surface area (TPSA) is 109 Å². The molecule has 1 aliphatic carbocycles. The monoisotopic (exact) mass is 414 g/mol. The average Bonchev–Trinajstić information content (AvgIpc) is 3.51. The lowest BCUT2D eigenvalue weighted by Crippen LogP contribution is -2.38. The van der Waals surface area contributed by atoms with Gasteiger partial charge in [0.05, 0.1) is 6.21 Å². The van der Waals surface area contributed by atoms with Gasteiger partial charge in [0, 0.05) is 22.3 Å². The Morgan fingerprint density at radius 1 is 1.10 bits per heavy atom. The summed E-state index contributed by atoms with van der Waals surface area (Å²) in [4.78, 5) is 35.3. The van der Waals surface area contributed by atoms with Crippen LogP contribution in [0.1, 0.15) is 18.4 Å². The lowest BCUT2D eigenvalue weighted by Gasteiger charge is -2.09. The van der Waals surface area contributed by atoms with Crippen molar-refractivity contribution in [1.82, 2.24) is 10.7 Å². The minimum atomic E-state index is -0.840. The van der Waals surface area contributed by atoms with Crippen molar-refractivity contribution < 1.29 is 19.1 Å². The van der Waals surface area contributed by atoms with Crippen molar-refractivity contribution in [3.63, 3.8) is 0 Å². The lowest BCUT2D eigenvalue weighted by molar-refractivity contribution is -0.139. The number of rotatable bonds is 7. The Hall–Kier alpha value is -3.39. The number of nitrogens with one attached hydrogen (secondary N) is 3. The molecule has 150 valence electrons. The van der Waals surface area contributed by atoms with E-state index in [9.17, 15) is 14.4 Å². The van der Waals surface area contributed by atoms with Gasteiger partial charge in [-0.05, 0) is 43.2 Å². The van der Waals surface area contributed by atoms with Crippen LogP contribution in [-0.4, -0.2) is 36.6 Å². The predicted octanol–water partition coefficient (Wildman–Crippen LogP) is 2.09. The number of carbonyl (C=O) groups excluding carboxylic acids is 3. The van der Waals surface area contributed by atoms with Crippen molar-refractivity contribution in [2.24, 2.45) is 5.10 Å². The number of para-hydroxylation sites is 1. The molecule has 2 aromatic rings. The Labute approximate surface area is 172 Å². The Bertz CT molecular complexity index is 944. The van der Waals surface area contributed by atoms with Gasteiger partial charge in [-0.25, -0.2) is 5.43 Å². The van der Waals surface area contributed by atoms with E-state index in [2.05, 4.69) is 21.2 Å². The zero-order valence-corrected chi connectivity index (χ0v) is 16.1. The van der Waals surface area contributed by atoms with Crippen LogP contribution in [0.5, 0.6) is 5.75 Å². The minimum absolute atomic E-state index is 0.0874. The molecule has 0 radical (unpaired) electrons. The molecule has 0 unspecified atom stereocenters. The number of amides is 3. The van der Waals surface area contributed by atoms with Gasteiger partial charge in [0.15, 0.2) is 6.61 Å². The predicted molar refractivity (Wildman–Crippen MR) is 109 cm³/mol. The molecule has 1 saturated carbocycles. The van der Waals surface area contributed by atoms with E-state index >= 15 is 0 Å². The molecule has 0 spiro atoms. The molecule has 0 aliphatic heterocycles. The summed E-state index contributed by atoms with van der Waals surface area (Å²) >= 11 is 5.89. The lowest BCUT2D eigenvalue weighted by atomic mass is 10.2. The molecule has 0 bridgehead atoms. The first-order chi connectivity index (χ1) is 14.0. The molecule has 1 aliphatic rings. The van der Waals surface area contributed by atoms with Crippen LogP contribution < -0.4 is 20.8 Å². The number of halogens is 1. The maximum absolute atomic E-state index is 12.1. The largest absolute Gasteiger partial charge is 0.483 e. The van der Waals surface area contributed by atoms with Crippen LogP contribution in [-0.2, 0) is 14.4 Å². The maximum Gasteiger partial charge on any atom is 0.329 e. The fourth-order valence-electron chi connectivity index (χ4n) is 2.32. The molecule has 8 nitrogen and oxygen atoms in total. The molecule has 0 aromatic heterocycles. The molecule has 3 N–H and O–H groups in total. The number of ether oxygens (including phenoxy) is 1. The third kappa shape index (κ3) is 6.62. The minimum Gasteiger partial charge on any atom is -0.483 e. The summed E-state index contributed by atoms with van der Waals surface area (Å²) in [6.45, 7) is -0.229. The second-order valence-electron chi connectivity index (χ2n) is 6.33. The van der Waals surface area contributed by atoms with Gasteiger partial charge in [-0.1, -0.05) is 29.8 Å². The highest BCUT2D eigenvalue weighted by Crippen LogP contribution is 2.18. The van der Waals surface area contributed by atoms with Gasteiger partial charge >= 0.3 is 11.8 Å². The van der Waals surface area contributed by atoms with Gasteiger partial charge < -0.3 is 15.4 Å². The van der Waals surface area contributed by atoms with E-state index in [-0.39, 0.29) is 18.6 Å². The molecule has 29 heavy (non-hydrogen) atoms. The quantitative estimate of drug-likeness (QED) is 0.366. The summed E-state index contributed by atoms with van der Waals surface area (Å²) in [6.07, 6.45) is 3.11. The van der Waals surface area contributed by atoms with E-state index in [0.717, 1.165) is 12.8 Å². The molecule has 9 heteroatoms. The molecule has 3 rings (SSSR count). The van der Waals surface area contributed by atoms with Gasteiger partial charge in [-0.15, -0.1) is 0 Å². The number of hydrogen-bond donors (Lipinski definition) is 3. The zero-order valence-electron chi connectivity index (χ0n) is 15.4. The van der Waals surface area contributed by atoms with Crippen LogP contribution in [0, 0.1) is 0 Å². The summed E-state index contributed by atoms with van der Waals surface area (Å²) in [7, 11) is 0. The standard InChI is InChI=1S/C20H19ClN4O4/c21-14-5-3-6-16(10-14)23-18(26)12-29-17-7-2-1-4-13(17)11-22-25-20(28)19(27)24-15-8-9-15/h1-7,10-11,15H,8-9,12H2,(H,23,26)(H,24,27)(H,25,28)/b22-11-. The molecular formula is C20H19ClN4O4. The maximum atomic E-state index is 12.1. The number of nitrogens with zero attached hydrogens (tertiary/aromatic N) is 1. The molecule has 1 fully saturated rings. The Morgan fingerprint density at radius 2 is 1.90 bits per heavy atom. The second-order valence-corrected chi connectivity index (χ2v) is 6.77. The number of benzene rings is 2. The van der Waals surface area contributed by atoms with Crippen molar-refractivity contribution in [2.75, 3.05) is 11.9 Å². The zero-order chi connectivity index (χ0) is 20.6. The second kappa shape index (κ2) is 9.70. The van der Waals surface area contributed by atoms with E-state index in [4.69, 9.17) is 16.3 Å². The van der Waals surface area contributed by atoms with Crippen LogP contribution >= 0.6 is 11.6 Å². The SMILES string of the molecule is O=C(COc1ccccc1/C=N\NC(=O)C(=O)NC1CC1)Nc1cccc(Cl)c1. The highest BCUT2D eigenvalue weighted by molar-refractivity contribution is 6.35. The van der Waals surface area contributed by atoms with Gasteiger partial charge in [0.25, 0.3) is 5.91 Å². The Morgan fingerprint density at radius 3 is 2.66 bits per heavy atom. The van der Waals surface area contributed by atoms with Gasteiger partial charge in [0.1, 0.15) is 5.75 Å². The van der Waals surface area contributed by atoms with Crippen molar-refractivity contribution in [3.8, 4) is 5.75 Å². The Kier molecular flexibility index (Phi) is 6.80. The summed E-state index contributed by atoms with van der Waals surface area (Å²) < 4.78 is 5.54. The van der Waals surface area contributed by atoms with E-state index < -0.39 is 11.8 Å². The van der Waals surface area contributed by atoms with Gasteiger partial charge in [-0.3, -0.25) is 14.4 Å². The van der Waals surface area contributed by atoms with E-state index in [1.54, 1.807) is 48.5 Å². The van der Waals surface area contributed by atoms with Gasteiger partial charge in [-0.2, -0.15) is 5.10 Å². The first kappa shape index (κ1) is 20.3. The normalized spacial score (nSPS) is 13.0. The fourth-order valence-corrected chi connectivity index (χ4v) is 2.51. The number of anilines is 1. The molecule has 3 amide bonds. The van der Waals surface area contributed by atoms with Crippen LogP contribution in [0.4, 0.5) is 5.69 Å². The molecule has 2 aromatic carbocycles. The average molecular weight is 415 g/mol. The summed E-state index contributed by atoms with van der Waals surface area (Å²) in [5, 5.41) is 9.53. The summed E-state index contributed by atoms with van der Waals surface area (Å²) in [5.74, 6) is -1.52. The van der Waals surface area contributed by atoms with Crippen LogP contribution in [0.15, 0.2) is 53.6 Å². The summed E-state index contributed by atoms with van der Waals surface area (Å²) in [5.41, 5.74) is 3.26. The van der Waals surface area contributed by atoms with Crippen LogP contribution in [0.25, 0.3) is 0 Å². The highest BCUT2D eigenvalue weighted by atomic mass is 35.5. The van der Waals surface area contributed by atoms with Crippen LogP contribution in [0.3, 0.4) is 0 Å². The first-order valence-corrected chi connectivity index (χ1v) is 9.30. The van der Waals surface area contributed by atoms with E-state index in [1.165, 1.54) is 6.21 Å². The first-order valence-electron chi connectivity index (χ1n) is 8.92. The fraction of sp³-hybridized carbons (Fsp3) is 0.200. The number of carbonyl (C=O) groups is 3. The molecular weight excluding hydrogens is 396 g/mol. The van der Waals surface area contributed by atoms with Crippen LogP contribution in [0.2, 0.25) is 5.02 Å². The third-order valence-corrected chi connectivity index (χ3v) is 4.11. The number of hydrogen-bond acceptors (Lipinski definition) is 5. The molecule has 0 saturated heterocycles. The summed E-state index contributed by atoms with van der Waals surface area (Å²) in [6, 6.07) is 13.7. The van der Waals surface area contributed by atoms with Crippen molar-refractivity contribution in [3.05, 3.63) is 59.1 Å². The van der Waals surface area contributed by atoms with Crippen molar-refractivity contribution in [2.45, 2.75) is 18.9 Å². The molecule has 0 heterocycles. The van der Waals surface area contributed by atoms with Crippen molar-refractivity contribution in [1.29, 1.82) is 0 Å². The third-order valence-electron chi connectivity index (χ3n) is 3.87. The van der Waals surface area contributed by atoms with E-state index in [1.807, 2.05) is 0 Å².